The quantitative estimate of drug-likeness (QED) is 0.797. The number of anilines is 1. The monoisotopic (exact) mass is 337 g/mol. The molecule has 8 heteroatoms. The minimum absolute atomic E-state index is 0.236. The fraction of sp³-hybridized carbons (Fsp3) is 0.0714. The molecule has 3 rings (SSSR count). The van der Waals surface area contributed by atoms with Gasteiger partial charge in [-0.2, -0.15) is 0 Å². The number of rotatable bonds is 3. The van der Waals surface area contributed by atoms with Crippen LogP contribution in [0.3, 0.4) is 0 Å². The van der Waals surface area contributed by atoms with Crippen LogP contribution in [0, 0.1) is 0 Å². The van der Waals surface area contributed by atoms with Gasteiger partial charge >= 0.3 is 5.76 Å². The molecule has 0 radical (unpaired) electrons. The molecule has 6 nitrogen and oxygen atoms in total. The van der Waals surface area contributed by atoms with Gasteiger partial charge in [-0.15, -0.1) is 0 Å². The minimum atomic E-state index is -0.652. The maximum absolute atomic E-state index is 12.1. The van der Waals surface area contributed by atoms with Crippen LogP contribution in [0.1, 0.15) is 0 Å². The summed E-state index contributed by atoms with van der Waals surface area (Å²) in [6.45, 7) is -0.244. The van der Waals surface area contributed by atoms with Gasteiger partial charge in [-0.25, -0.2) is 14.3 Å². The zero-order valence-corrected chi connectivity index (χ0v) is 12.6. The topological polar surface area (TPSA) is 77.1 Å². The number of hydrogen-bond donors (Lipinski definition) is 1. The van der Waals surface area contributed by atoms with Gasteiger partial charge in [0.25, 0.3) is 0 Å². The Labute approximate surface area is 134 Å². The molecule has 3 aromatic rings. The summed E-state index contributed by atoms with van der Waals surface area (Å²) in [6.07, 6.45) is 1.51. The van der Waals surface area contributed by atoms with E-state index in [2.05, 4.69) is 10.3 Å². The fourth-order valence-electron chi connectivity index (χ4n) is 1.97. The van der Waals surface area contributed by atoms with Crippen LogP contribution in [0.2, 0.25) is 10.0 Å². The molecule has 0 unspecified atom stereocenters. The Hall–Kier alpha value is -2.31. The van der Waals surface area contributed by atoms with Gasteiger partial charge in [0.1, 0.15) is 6.54 Å². The van der Waals surface area contributed by atoms with E-state index in [4.69, 9.17) is 27.6 Å². The molecule has 0 aliphatic heterocycles. The highest BCUT2D eigenvalue weighted by Crippen LogP contribution is 2.29. The summed E-state index contributed by atoms with van der Waals surface area (Å²) in [5.74, 6) is -1.10. The third-order valence-corrected chi connectivity index (χ3v) is 3.77. The minimum Gasteiger partial charge on any atom is -0.406 e. The van der Waals surface area contributed by atoms with Gasteiger partial charge < -0.3 is 9.73 Å². The second-order valence-electron chi connectivity index (χ2n) is 4.43. The zero-order chi connectivity index (χ0) is 15.7. The first-order valence-electron chi connectivity index (χ1n) is 6.24. The molecule has 0 aliphatic rings. The Morgan fingerprint density at radius 1 is 1.27 bits per heavy atom. The summed E-state index contributed by atoms with van der Waals surface area (Å²) in [4.78, 5) is 27.9. The van der Waals surface area contributed by atoms with Crippen LogP contribution in [-0.4, -0.2) is 15.5 Å². The van der Waals surface area contributed by atoms with E-state index in [-0.39, 0.29) is 11.6 Å². The number of amides is 1. The van der Waals surface area contributed by atoms with Crippen molar-refractivity contribution in [2.24, 2.45) is 0 Å². The van der Waals surface area contributed by atoms with Crippen molar-refractivity contribution in [3.63, 3.8) is 0 Å². The summed E-state index contributed by atoms with van der Waals surface area (Å²) in [5.41, 5.74) is 0.994. The molecule has 0 spiro atoms. The Bertz CT molecular complexity index is 917. The predicted molar refractivity (Wildman–Crippen MR) is 83.4 cm³/mol. The number of carbonyl (C=O) groups is 1. The number of aromatic nitrogens is 2. The van der Waals surface area contributed by atoms with Gasteiger partial charge in [-0.3, -0.25) is 4.79 Å². The van der Waals surface area contributed by atoms with Crippen molar-refractivity contribution in [1.82, 2.24) is 9.55 Å². The highest BCUT2D eigenvalue weighted by Gasteiger charge is 2.14. The highest BCUT2D eigenvalue weighted by molar-refractivity contribution is 6.43. The molecular formula is C14H9Cl2N3O3. The predicted octanol–water partition coefficient (Wildman–Crippen LogP) is 2.94. The van der Waals surface area contributed by atoms with E-state index in [1.165, 1.54) is 6.20 Å². The number of fused-ring (bicyclic) bond motifs is 1. The molecule has 1 aromatic carbocycles. The summed E-state index contributed by atoms with van der Waals surface area (Å²) < 4.78 is 6.15. The first kappa shape index (κ1) is 14.6. The molecule has 112 valence electrons. The Balaban J connectivity index is 1.86. The molecule has 1 amide bonds. The van der Waals surface area contributed by atoms with Gasteiger partial charge in [0.15, 0.2) is 11.2 Å². The molecule has 1 N–H and O–H groups in total. The van der Waals surface area contributed by atoms with Gasteiger partial charge in [0.2, 0.25) is 5.91 Å². The second-order valence-corrected chi connectivity index (χ2v) is 5.21. The Kier molecular flexibility index (Phi) is 3.87. The third-order valence-electron chi connectivity index (χ3n) is 2.95. The molecule has 0 fully saturated rings. The van der Waals surface area contributed by atoms with Gasteiger partial charge in [0, 0.05) is 6.20 Å². The summed E-state index contributed by atoms with van der Waals surface area (Å²) in [6, 6.07) is 8.12. The lowest BCUT2D eigenvalue weighted by Gasteiger charge is -2.08. The van der Waals surface area contributed by atoms with Crippen LogP contribution < -0.4 is 11.1 Å². The van der Waals surface area contributed by atoms with Gasteiger partial charge in [-0.1, -0.05) is 29.3 Å². The molecule has 2 heterocycles. The van der Waals surface area contributed by atoms with E-state index in [1.807, 2.05) is 0 Å². The average Bonchev–Trinajstić information content (AvgIpc) is 2.80. The van der Waals surface area contributed by atoms with Crippen molar-refractivity contribution >= 4 is 46.0 Å². The lowest BCUT2D eigenvalue weighted by atomic mass is 10.3. The number of oxazole rings is 1. The number of nitrogens with one attached hydrogen (secondary N) is 1. The van der Waals surface area contributed by atoms with Crippen molar-refractivity contribution in [2.45, 2.75) is 6.54 Å². The molecule has 2 aromatic heterocycles. The molecule has 22 heavy (non-hydrogen) atoms. The number of halogens is 2. The molecule has 0 aliphatic carbocycles. The molecular weight excluding hydrogens is 329 g/mol. The maximum atomic E-state index is 12.1. The molecule has 0 saturated carbocycles. The lowest BCUT2D eigenvalue weighted by molar-refractivity contribution is -0.116. The van der Waals surface area contributed by atoms with Crippen molar-refractivity contribution in [3.8, 4) is 0 Å². The zero-order valence-electron chi connectivity index (χ0n) is 11.0. The summed E-state index contributed by atoms with van der Waals surface area (Å²) in [7, 11) is 0. The maximum Gasteiger partial charge on any atom is 0.421 e. The molecule has 0 saturated heterocycles. The van der Waals surface area contributed by atoms with Crippen molar-refractivity contribution < 1.29 is 9.21 Å². The summed E-state index contributed by atoms with van der Waals surface area (Å²) in [5, 5.41) is 3.16. The lowest BCUT2D eigenvalue weighted by Crippen LogP contribution is -2.25. The SMILES string of the molecule is O=C(Cn1c(=O)oc2cccnc21)Nc1cccc(Cl)c1Cl. The van der Waals surface area contributed by atoms with Crippen LogP contribution in [0.5, 0.6) is 0 Å². The van der Waals surface area contributed by atoms with Gasteiger partial charge in [-0.05, 0) is 24.3 Å². The van der Waals surface area contributed by atoms with Gasteiger partial charge in [0.05, 0.1) is 15.7 Å². The van der Waals surface area contributed by atoms with Crippen molar-refractivity contribution in [2.75, 3.05) is 5.32 Å². The Morgan fingerprint density at radius 3 is 2.91 bits per heavy atom. The average molecular weight is 338 g/mol. The smallest absolute Gasteiger partial charge is 0.406 e. The fourth-order valence-corrected chi connectivity index (χ4v) is 2.32. The van der Waals surface area contributed by atoms with E-state index in [0.29, 0.717) is 21.9 Å². The van der Waals surface area contributed by atoms with Crippen LogP contribution in [-0.2, 0) is 11.3 Å². The van der Waals surface area contributed by atoms with E-state index in [9.17, 15) is 9.59 Å². The van der Waals surface area contributed by atoms with E-state index < -0.39 is 11.7 Å². The number of hydrogen-bond acceptors (Lipinski definition) is 4. The Morgan fingerprint density at radius 2 is 2.09 bits per heavy atom. The standard InChI is InChI=1S/C14H9Cl2N3O3/c15-8-3-1-4-9(12(8)16)18-11(20)7-19-13-10(22-14(19)21)5-2-6-17-13/h1-6H,7H2,(H,18,20). The first-order chi connectivity index (χ1) is 10.6. The first-order valence-corrected chi connectivity index (χ1v) is 7.00. The number of nitrogens with zero attached hydrogens (tertiary/aromatic N) is 2. The van der Waals surface area contributed by atoms with Crippen LogP contribution in [0.15, 0.2) is 45.7 Å². The largest absolute Gasteiger partial charge is 0.421 e. The van der Waals surface area contributed by atoms with E-state index in [0.717, 1.165) is 4.57 Å². The van der Waals surface area contributed by atoms with Crippen LogP contribution >= 0.6 is 23.2 Å². The number of pyridine rings is 1. The molecule has 0 atom stereocenters. The van der Waals surface area contributed by atoms with E-state index >= 15 is 0 Å². The van der Waals surface area contributed by atoms with Crippen LogP contribution in [0.4, 0.5) is 5.69 Å². The van der Waals surface area contributed by atoms with Crippen molar-refractivity contribution in [3.05, 3.63) is 57.1 Å². The highest BCUT2D eigenvalue weighted by atomic mass is 35.5. The van der Waals surface area contributed by atoms with E-state index in [1.54, 1.807) is 30.3 Å². The number of carbonyl (C=O) groups excluding carboxylic acids is 1. The number of benzene rings is 1. The second kappa shape index (κ2) is 5.82. The normalized spacial score (nSPS) is 10.8. The van der Waals surface area contributed by atoms with Crippen LogP contribution in [0.25, 0.3) is 11.2 Å². The third kappa shape index (κ3) is 2.70. The van der Waals surface area contributed by atoms with Crippen molar-refractivity contribution in [1.29, 1.82) is 0 Å². The molecule has 0 bridgehead atoms. The summed E-state index contributed by atoms with van der Waals surface area (Å²) >= 11 is 11.9.